The average Bonchev–Trinajstić information content (AvgIpc) is 2.66. The predicted octanol–water partition coefficient (Wildman–Crippen LogP) is 2.22. The van der Waals surface area contributed by atoms with Gasteiger partial charge in [-0.3, -0.25) is 9.78 Å². The van der Waals surface area contributed by atoms with Gasteiger partial charge in [0.15, 0.2) is 5.82 Å². The number of nitrogens with zero attached hydrogens (tertiary/aromatic N) is 3. The molecule has 1 atom stereocenters. The Labute approximate surface area is 150 Å². The number of anilines is 1. The van der Waals surface area contributed by atoms with Gasteiger partial charge in [0.25, 0.3) is 5.56 Å². The molecule has 3 heterocycles. The van der Waals surface area contributed by atoms with Crippen LogP contribution in [0.5, 0.6) is 0 Å². The Kier molecular flexibility index (Phi) is 4.62. The van der Waals surface area contributed by atoms with Crippen LogP contribution in [0.2, 0.25) is 0 Å². The molecule has 0 saturated carbocycles. The number of hydrogen-bond acceptors (Lipinski definition) is 5. The molecule has 3 aromatic rings. The third-order valence-electron chi connectivity index (χ3n) is 4.74. The number of fused-ring (bicyclic) bond motifs is 1. The Morgan fingerprint density at radius 1 is 1.31 bits per heavy atom. The average molecular weight is 353 g/mol. The van der Waals surface area contributed by atoms with Gasteiger partial charge in [-0.2, -0.15) is 0 Å². The van der Waals surface area contributed by atoms with Gasteiger partial charge in [-0.05, 0) is 36.6 Å². The first-order chi connectivity index (χ1) is 12.7. The molecule has 0 bridgehead atoms. The Morgan fingerprint density at radius 3 is 3.12 bits per heavy atom. The molecule has 1 fully saturated rings. The van der Waals surface area contributed by atoms with E-state index < -0.39 is 0 Å². The van der Waals surface area contributed by atoms with Crippen molar-refractivity contribution in [2.75, 3.05) is 18.0 Å². The number of rotatable bonds is 4. The van der Waals surface area contributed by atoms with Gasteiger partial charge in [0, 0.05) is 49.7 Å². The van der Waals surface area contributed by atoms with Crippen molar-refractivity contribution < 1.29 is 4.39 Å². The van der Waals surface area contributed by atoms with E-state index in [4.69, 9.17) is 0 Å². The van der Waals surface area contributed by atoms with Crippen LogP contribution in [0.4, 0.5) is 10.2 Å². The molecule has 0 aliphatic carbocycles. The van der Waals surface area contributed by atoms with Crippen molar-refractivity contribution in [1.29, 1.82) is 0 Å². The molecule has 134 valence electrons. The van der Waals surface area contributed by atoms with Crippen LogP contribution < -0.4 is 15.8 Å². The van der Waals surface area contributed by atoms with Crippen LogP contribution in [0.15, 0.2) is 47.7 Å². The normalized spacial score (nSPS) is 17.6. The summed E-state index contributed by atoms with van der Waals surface area (Å²) in [5, 5.41) is 4.29. The zero-order valence-corrected chi connectivity index (χ0v) is 14.3. The molecule has 4 rings (SSSR count). The van der Waals surface area contributed by atoms with E-state index in [1.165, 1.54) is 18.3 Å². The molecule has 1 aliphatic heterocycles. The molecular weight excluding hydrogens is 333 g/mol. The summed E-state index contributed by atoms with van der Waals surface area (Å²) in [6.45, 7) is 2.03. The van der Waals surface area contributed by atoms with Crippen LogP contribution in [-0.2, 0) is 6.54 Å². The number of H-pyrrole nitrogens is 1. The van der Waals surface area contributed by atoms with Gasteiger partial charge >= 0.3 is 0 Å². The molecule has 0 spiro atoms. The second-order valence-electron chi connectivity index (χ2n) is 6.55. The number of aromatic nitrogens is 3. The zero-order chi connectivity index (χ0) is 17.9. The van der Waals surface area contributed by atoms with Crippen LogP contribution in [0.25, 0.3) is 10.9 Å². The molecular formula is C19H20FN5O. The fraction of sp³-hybridized carbons (Fsp3) is 0.316. The molecule has 6 nitrogen and oxygen atoms in total. The lowest BCUT2D eigenvalue weighted by molar-refractivity contribution is 0.419. The zero-order valence-electron chi connectivity index (χ0n) is 14.3. The van der Waals surface area contributed by atoms with Gasteiger partial charge in [-0.15, -0.1) is 0 Å². The first kappa shape index (κ1) is 16.7. The van der Waals surface area contributed by atoms with E-state index in [1.807, 2.05) is 17.0 Å². The Bertz CT molecular complexity index is 973. The van der Waals surface area contributed by atoms with Crippen LogP contribution in [-0.4, -0.2) is 34.1 Å². The summed E-state index contributed by atoms with van der Waals surface area (Å²) < 4.78 is 13.9. The lowest BCUT2D eigenvalue weighted by Gasteiger charge is -2.33. The summed E-state index contributed by atoms with van der Waals surface area (Å²) in [6, 6.07) is 6.91. The highest BCUT2D eigenvalue weighted by molar-refractivity contribution is 5.81. The van der Waals surface area contributed by atoms with E-state index in [-0.39, 0.29) is 17.4 Å². The smallest absolute Gasteiger partial charge is 0.290 e. The minimum absolute atomic E-state index is 0.173. The maximum Gasteiger partial charge on any atom is 0.290 e. The van der Waals surface area contributed by atoms with E-state index in [0.717, 1.165) is 35.9 Å². The van der Waals surface area contributed by atoms with Crippen molar-refractivity contribution >= 4 is 16.7 Å². The molecule has 1 aromatic carbocycles. The number of piperidine rings is 1. The molecule has 1 aliphatic rings. The third-order valence-corrected chi connectivity index (χ3v) is 4.74. The lowest BCUT2D eigenvalue weighted by atomic mass is 10.0. The second kappa shape index (κ2) is 7.21. The number of benzene rings is 1. The van der Waals surface area contributed by atoms with Gasteiger partial charge in [0.1, 0.15) is 5.82 Å². The number of nitrogens with one attached hydrogen (secondary N) is 2. The molecule has 0 radical (unpaired) electrons. The minimum Gasteiger partial charge on any atom is -0.350 e. The SMILES string of the molecule is O=c1[nH]ccnc1N1CCCC(NCc2cc(F)cc3cccnc23)C1. The topological polar surface area (TPSA) is 73.9 Å². The van der Waals surface area contributed by atoms with Crippen LogP contribution in [0.3, 0.4) is 0 Å². The van der Waals surface area contributed by atoms with E-state index in [0.29, 0.717) is 18.9 Å². The maximum absolute atomic E-state index is 13.9. The predicted molar refractivity (Wildman–Crippen MR) is 98.6 cm³/mol. The van der Waals surface area contributed by atoms with Crippen LogP contribution in [0, 0.1) is 5.82 Å². The lowest BCUT2D eigenvalue weighted by Crippen LogP contribution is -2.47. The molecule has 26 heavy (non-hydrogen) atoms. The van der Waals surface area contributed by atoms with Crippen molar-refractivity contribution in [2.45, 2.75) is 25.4 Å². The summed E-state index contributed by atoms with van der Waals surface area (Å²) >= 11 is 0. The summed E-state index contributed by atoms with van der Waals surface area (Å²) in [4.78, 5) is 25.2. The fourth-order valence-electron chi connectivity index (χ4n) is 3.52. The van der Waals surface area contributed by atoms with Crippen LogP contribution in [0.1, 0.15) is 18.4 Å². The highest BCUT2D eigenvalue weighted by Crippen LogP contribution is 2.20. The number of aromatic amines is 1. The van der Waals surface area contributed by atoms with Gasteiger partial charge in [0.2, 0.25) is 0 Å². The van der Waals surface area contributed by atoms with Crippen molar-refractivity contribution in [1.82, 2.24) is 20.3 Å². The third kappa shape index (κ3) is 3.43. The second-order valence-corrected chi connectivity index (χ2v) is 6.55. The molecule has 1 saturated heterocycles. The van der Waals surface area contributed by atoms with Crippen molar-refractivity contribution in [3.8, 4) is 0 Å². The standard InChI is InChI=1S/C19H20FN5O/c20-15-9-13-3-1-5-21-17(13)14(10-15)11-24-16-4-2-8-25(12-16)18-19(26)23-7-6-22-18/h1,3,5-7,9-10,16,24H,2,4,8,11-12H2,(H,23,26). The summed E-state index contributed by atoms with van der Waals surface area (Å²) in [7, 11) is 0. The van der Waals surface area contributed by atoms with E-state index in [1.54, 1.807) is 12.4 Å². The van der Waals surface area contributed by atoms with E-state index >= 15 is 0 Å². The van der Waals surface area contributed by atoms with Crippen molar-refractivity contribution in [3.63, 3.8) is 0 Å². The van der Waals surface area contributed by atoms with Crippen molar-refractivity contribution in [2.24, 2.45) is 0 Å². The quantitative estimate of drug-likeness (QED) is 0.752. The number of pyridine rings is 1. The highest BCUT2D eigenvalue weighted by Gasteiger charge is 2.22. The first-order valence-electron chi connectivity index (χ1n) is 8.76. The van der Waals surface area contributed by atoms with Gasteiger partial charge in [-0.25, -0.2) is 9.37 Å². The largest absolute Gasteiger partial charge is 0.350 e. The molecule has 2 aromatic heterocycles. The maximum atomic E-state index is 13.9. The summed E-state index contributed by atoms with van der Waals surface area (Å²) in [6.07, 6.45) is 6.82. The molecule has 1 unspecified atom stereocenters. The Morgan fingerprint density at radius 2 is 2.23 bits per heavy atom. The van der Waals surface area contributed by atoms with Gasteiger partial charge in [-0.1, -0.05) is 6.07 Å². The minimum atomic E-state index is -0.257. The highest BCUT2D eigenvalue weighted by atomic mass is 19.1. The van der Waals surface area contributed by atoms with Gasteiger partial charge in [0.05, 0.1) is 5.52 Å². The van der Waals surface area contributed by atoms with Crippen LogP contribution >= 0.6 is 0 Å². The first-order valence-corrected chi connectivity index (χ1v) is 8.76. The van der Waals surface area contributed by atoms with E-state index in [9.17, 15) is 9.18 Å². The summed E-state index contributed by atoms with van der Waals surface area (Å²) in [5.74, 6) is 0.199. The Balaban J connectivity index is 1.48. The molecule has 0 amide bonds. The number of hydrogen-bond donors (Lipinski definition) is 2. The fourth-order valence-corrected chi connectivity index (χ4v) is 3.52. The summed E-state index contributed by atoms with van der Waals surface area (Å²) in [5.41, 5.74) is 1.48. The molecule has 7 heteroatoms. The Hall–Kier alpha value is -2.80. The van der Waals surface area contributed by atoms with E-state index in [2.05, 4.69) is 20.3 Å². The molecule has 2 N–H and O–H groups in total. The van der Waals surface area contributed by atoms with Gasteiger partial charge < -0.3 is 15.2 Å². The number of halogens is 1. The van der Waals surface area contributed by atoms with Crippen molar-refractivity contribution in [3.05, 3.63) is 64.6 Å². The monoisotopic (exact) mass is 353 g/mol.